The zero-order valence-electron chi connectivity index (χ0n) is 17.4. The van der Waals surface area contributed by atoms with Crippen LogP contribution in [-0.2, 0) is 6.54 Å². The highest BCUT2D eigenvalue weighted by Gasteiger charge is 2.20. The molecule has 1 amide bonds. The Kier molecular flexibility index (Phi) is 5.62. The van der Waals surface area contributed by atoms with E-state index in [1.807, 2.05) is 43.3 Å². The monoisotopic (exact) mass is 432 g/mol. The second kappa shape index (κ2) is 8.68. The Balaban J connectivity index is 1.53. The van der Waals surface area contributed by atoms with Crippen LogP contribution in [0.5, 0.6) is 0 Å². The summed E-state index contributed by atoms with van der Waals surface area (Å²) < 4.78 is 2.93. The van der Waals surface area contributed by atoms with Crippen LogP contribution < -0.4 is 10.2 Å². The van der Waals surface area contributed by atoms with E-state index >= 15 is 0 Å². The standard InChI is InChI=1S/C21H20N8O3/c1-26(2)17-6-3-15(4-7-17)12-27-20(9-10-23-27)25-21(30)16-5-8-18(19(11-16)29(31)32)28-14-22-13-24-28/h3-11,13-14H,12H2,1-2H3,(H,25,30). The van der Waals surface area contributed by atoms with Crippen LogP contribution >= 0.6 is 0 Å². The molecule has 0 saturated carbocycles. The molecule has 4 rings (SSSR count). The zero-order valence-corrected chi connectivity index (χ0v) is 17.4. The first-order valence-electron chi connectivity index (χ1n) is 9.65. The van der Waals surface area contributed by atoms with Gasteiger partial charge in [-0.1, -0.05) is 12.1 Å². The molecule has 0 unspecified atom stereocenters. The molecule has 32 heavy (non-hydrogen) atoms. The van der Waals surface area contributed by atoms with Gasteiger partial charge in [0.2, 0.25) is 0 Å². The molecular formula is C21H20N8O3. The smallest absolute Gasteiger partial charge is 0.295 e. The first-order valence-corrected chi connectivity index (χ1v) is 9.65. The van der Waals surface area contributed by atoms with Gasteiger partial charge in [-0.15, -0.1) is 0 Å². The summed E-state index contributed by atoms with van der Waals surface area (Å²) in [6, 6.07) is 13.9. The molecule has 0 aliphatic rings. The molecule has 2 aromatic carbocycles. The van der Waals surface area contributed by atoms with Gasteiger partial charge < -0.3 is 10.2 Å². The fourth-order valence-corrected chi connectivity index (χ4v) is 3.16. The van der Waals surface area contributed by atoms with Gasteiger partial charge in [0.1, 0.15) is 24.2 Å². The third-order valence-electron chi connectivity index (χ3n) is 4.84. The molecule has 2 heterocycles. The lowest BCUT2D eigenvalue weighted by Gasteiger charge is -2.13. The quantitative estimate of drug-likeness (QED) is 0.352. The number of hydrogen-bond donors (Lipinski definition) is 1. The van der Waals surface area contributed by atoms with E-state index in [0.29, 0.717) is 12.4 Å². The molecule has 0 aliphatic carbocycles. The number of carbonyl (C=O) groups excluding carboxylic acids is 1. The molecule has 11 nitrogen and oxygen atoms in total. The predicted octanol–water partition coefficient (Wildman–Crippen LogP) is 2.74. The lowest BCUT2D eigenvalue weighted by atomic mass is 10.1. The van der Waals surface area contributed by atoms with Crippen LogP contribution in [0.25, 0.3) is 5.69 Å². The summed E-state index contributed by atoms with van der Waals surface area (Å²) in [4.78, 5) is 29.6. The van der Waals surface area contributed by atoms with Gasteiger partial charge in [0.05, 0.1) is 17.7 Å². The predicted molar refractivity (Wildman–Crippen MR) is 118 cm³/mol. The number of benzene rings is 2. The molecule has 0 radical (unpaired) electrons. The zero-order chi connectivity index (χ0) is 22.7. The van der Waals surface area contributed by atoms with Gasteiger partial charge in [-0.25, -0.2) is 14.3 Å². The van der Waals surface area contributed by atoms with Crippen LogP contribution in [0.15, 0.2) is 67.4 Å². The Morgan fingerprint density at radius 1 is 1.12 bits per heavy atom. The summed E-state index contributed by atoms with van der Waals surface area (Å²) in [5.41, 5.74) is 2.21. The molecule has 0 aliphatic heterocycles. The summed E-state index contributed by atoms with van der Waals surface area (Å²) >= 11 is 0. The largest absolute Gasteiger partial charge is 0.378 e. The Bertz CT molecular complexity index is 1250. The Labute approximate surface area is 183 Å². The minimum Gasteiger partial charge on any atom is -0.378 e. The number of nitrogens with one attached hydrogen (secondary N) is 1. The van der Waals surface area contributed by atoms with E-state index in [1.54, 1.807) is 16.9 Å². The fraction of sp³-hybridized carbons (Fsp3) is 0.143. The Hall–Kier alpha value is -4.54. The van der Waals surface area contributed by atoms with Crippen LogP contribution in [-0.4, -0.2) is 49.5 Å². The van der Waals surface area contributed by atoms with Gasteiger partial charge in [-0.2, -0.15) is 10.2 Å². The minimum atomic E-state index is -0.560. The summed E-state index contributed by atoms with van der Waals surface area (Å²) in [5.74, 6) is -0.00219. The minimum absolute atomic E-state index is 0.142. The molecule has 4 aromatic rings. The van der Waals surface area contributed by atoms with E-state index in [-0.39, 0.29) is 16.9 Å². The Morgan fingerprint density at radius 3 is 2.56 bits per heavy atom. The van der Waals surface area contributed by atoms with Crippen molar-refractivity contribution in [3.8, 4) is 5.69 Å². The lowest BCUT2D eigenvalue weighted by molar-refractivity contribution is -0.384. The van der Waals surface area contributed by atoms with Crippen molar-refractivity contribution < 1.29 is 9.72 Å². The van der Waals surface area contributed by atoms with Gasteiger partial charge in [0.25, 0.3) is 11.6 Å². The maximum atomic E-state index is 12.8. The van der Waals surface area contributed by atoms with E-state index in [2.05, 4.69) is 20.5 Å². The van der Waals surface area contributed by atoms with Crippen molar-refractivity contribution >= 4 is 23.1 Å². The molecule has 0 fully saturated rings. The first-order chi connectivity index (χ1) is 15.4. The van der Waals surface area contributed by atoms with E-state index < -0.39 is 10.8 Å². The number of nitrogens with zero attached hydrogens (tertiary/aromatic N) is 7. The molecule has 0 atom stereocenters. The third kappa shape index (κ3) is 4.31. The van der Waals surface area contributed by atoms with Crippen LogP contribution in [0.3, 0.4) is 0 Å². The summed E-state index contributed by atoms with van der Waals surface area (Å²) in [6.45, 7) is 0.460. The van der Waals surface area contributed by atoms with Crippen LogP contribution in [0.2, 0.25) is 0 Å². The number of rotatable bonds is 7. The molecular weight excluding hydrogens is 412 g/mol. The normalized spacial score (nSPS) is 10.7. The van der Waals surface area contributed by atoms with E-state index in [0.717, 1.165) is 11.3 Å². The SMILES string of the molecule is CN(C)c1ccc(Cn2nccc2NC(=O)c2ccc(-n3cncn3)c([N+](=O)[O-])c2)cc1. The lowest BCUT2D eigenvalue weighted by Crippen LogP contribution is -2.17. The average molecular weight is 432 g/mol. The van der Waals surface area contributed by atoms with Crippen molar-refractivity contribution in [2.24, 2.45) is 0 Å². The Morgan fingerprint density at radius 2 is 1.91 bits per heavy atom. The van der Waals surface area contributed by atoms with Crippen molar-refractivity contribution in [3.63, 3.8) is 0 Å². The maximum absolute atomic E-state index is 12.8. The topological polar surface area (TPSA) is 124 Å². The van der Waals surface area contributed by atoms with E-state index in [4.69, 9.17) is 0 Å². The molecule has 11 heteroatoms. The van der Waals surface area contributed by atoms with Gasteiger partial charge in [-0.3, -0.25) is 14.9 Å². The van der Waals surface area contributed by atoms with Crippen LogP contribution in [0.1, 0.15) is 15.9 Å². The summed E-state index contributed by atoms with van der Waals surface area (Å²) in [7, 11) is 3.94. The van der Waals surface area contributed by atoms with Crippen LogP contribution in [0, 0.1) is 10.1 Å². The van der Waals surface area contributed by atoms with Crippen molar-refractivity contribution in [3.05, 3.63) is 88.6 Å². The fourth-order valence-electron chi connectivity index (χ4n) is 3.16. The third-order valence-corrected chi connectivity index (χ3v) is 4.84. The molecule has 2 aromatic heterocycles. The molecule has 0 saturated heterocycles. The van der Waals surface area contributed by atoms with Gasteiger partial charge in [0.15, 0.2) is 0 Å². The highest BCUT2D eigenvalue weighted by atomic mass is 16.6. The van der Waals surface area contributed by atoms with Gasteiger partial charge in [0, 0.05) is 37.5 Å². The first kappa shape index (κ1) is 20.7. The number of hydrogen-bond acceptors (Lipinski definition) is 7. The maximum Gasteiger partial charge on any atom is 0.295 e. The van der Waals surface area contributed by atoms with Gasteiger partial charge in [-0.05, 0) is 29.8 Å². The summed E-state index contributed by atoms with van der Waals surface area (Å²) in [6.07, 6.45) is 4.21. The number of amides is 1. The second-order valence-electron chi connectivity index (χ2n) is 7.19. The second-order valence-corrected chi connectivity index (χ2v) is 7.19. The van der Waals surface area contributed by atoms with Crippen molar-refractivity contribution in [2.45, 2.75) is 6.54 Å². The van der Waals surface area contributed by atoms with E-state index in [9.17, 15) is 14.9 Å². The van der Waals surface area contributed by atoms with E-state index in [1.165, 1.54) is 35.5 Å². The van der Waals surface area contributed by atoms with Crippen molar-refractivity contribution in [2.75, 3.05) is 24.3 Å². The number of nitro benzene ring substituents is 1. The highest BCUT2D eigenvalue weighted by molar-refractivity contribution is 6.04. The molecule has 1 N–H and O–H groups in total. The number of anilines is 2. The summed E-state index contributed by atoms with van der Waals surface area (Å²) in [5, 5.41) is 22.5. The average Bonchev–Trinajstić information content (AvgIpc) is 3.46. The molecule has 0 bridgehead atoms. The number of nitro groups is 1. The molecule has 162 valence electrons. The highest BCUT2D eigenvalue weighted by Crippen LogP contribution is 2.24. The van der Waals surface area contributed by atoms with Crippen molar-refractivity contribution in [1.82, 2.24) is 24.5 Å². The molecule has 0 spiro atoms. The van der Waals surface area contributed by atoms with Crippen molar-refractivity contribution in [1.29, 1.82) is 0 Å². The number of carbonyl (C=O) groups is 1. The van der Waals surface area contributed by atoms with Crippen LogP contribution in [0.4, 0.5) is 17.2 Å². The van der Waals surface area contributed by atoms with Gasteiger partial charge >= 0.3 is 0 Å². The number of aromatic nitrogens is 5.